The van der Waals surface area contributed by atoms with E-state index >= 15 is 0 Å². The number of aryl methyl sites for hydroxylation is 2. The van der Waals surface area contributed by atoms with Crippen molar-refractivity contribution in [2.75, 3.05) is 5.32 Å². The van der Waals surface area contributed by atoms with Crippen molar-refractivity contribution >= 4 is 23.3 Å². The van der Waals surface area contributed by atoms with Gasteiger partial charge in [0.05, 0.1) is 6.04 Å². The predicted octanol–water partition coefficient (Wildman–Crippen LogP) is 5.49. The van der Waals surface area contributed by atoms with Gasteiger partial charge in [0, 0.05) is 10.7 Å². The molecule has 24 heavy (non-hydrogen) atoms. The van der Waals surface area contributed by atoms with Crippen LogP contribution in [0.15, 0.2) is 42.5 Å². The molecule has 2 aromatic rings. The molecule has 1 unspecified atom stereocenters. The van der Waals surface area contributed by atoms with E-state index in [4.69, 9.17) is 11.6 Å². The van der Waals surface area contributed by atoms with Gasteiger partial charge in [-0.1, -0.05) is 42.8 Å². The van der Waals surface area contributed by atoms with Crippen LogP contribution in [0.2, 0.25) is 5.02 Å². The molecule has 2 aromatic carbocycles. The van der Waals surface area contributed by atoms with Gasteiger partial charge in [0.25, 0.3) is 0 Å². The average Bonchev–Trinajstić information content (AvgIpc) is 2.59. The second-order valence-electron chi connectivity index (χ2n) is 6.30. The minimum atomic E-state index is -0.207. The maximum absolute atomic E-state index is 12.3. The third-order valence-corrected chi connectivity index (χ3v) is 4.81. The lowest BCUT2D eigenvalue weighted by Gasteiger charge is -2.22. The second kappa shape index (κ2) is 7.71. The van der Waals surface area contributed by atoms with Crippen LogP contribution in [0.1, 0.15) is 48.9 Å². The highest BCUT2D eigenvalue weighted by Crippen LogP contribution is 2.26. The van der Waals surface area contributed by atoms with Crippen molar-refractivity contribution in [3.8, 4) is 0 Å². The Kier molecular flexibility index (Phi) is 5.41. The minimum Gasteiger partial charge on any atom is -0.331 e. The van der Waals surface area contributed by atoms with Gasteiger partial charge in [-0.2, -0.15) is 0 Å². The number of rotatable bonds is 4. The number of nitrogens with one attached hydrogen (secondary N) is 2. The van der Waals surface area contributed by atoms with Crippen LogP contribution in [0.25, 0.3) is 0 Å². The standard InChI is InChI=1S/C20H23ClN2O/c1-2-19(16-11-10-14-6-3-4-7-15(14)12-16)23-20(24)22-18-9-5-8-17(21)13-18/h5,8-13,19H,2-4,6-7H2,1H3,(H2,22,23,24). The molecule has 0 heterocycles. The molecule has 4 heteroatoms. The van der Waals surface area contributed by atoms with Gasteiger partial charge >= 0.3 is 6.03 Å². The number of benzene rings is 2. The summed E-state index contributed by atoms with van der Waals surface area (Å²) in [4.78, 5) is 12.3. The van der Waals surface area contributed by atoms with Crippen LogP contribution in [0, 0.1) is 0 Å². The molecule has 1 aliphatic carbocycles. The van der Waals surface area contributed by atoms with Gasteiger partial charge in [-0.25, -0.2) is 4.79 Å². The van der Waals surface area contributed by atoms with Crippen molar-refractivity contribution in [3.05, 3.63) is 64.2 Å². The molecular weight excluding hydrogens is 320 g/mol. The fourth-order valence-electron chi connectivity index (χ4n) is 3.28. The zero-order valence-corrected chi connectivity index (χ0v) is 14.7. The van der Waals surface area contributed by atoms with E-state index in [1.165, 1.54) is 36.0 Å². The van der Waals surface area contributed by atoms with E-state index in [2.05, 4.69) is 35.8 Å². The van der Waals surface area contributed by atoms with Crippen LogP contribution >= 0.6 is 11.6 Å². The quantitative estimate of drug-likeness (QED) is 0.757. The number of fused-ring (bicyclic) bond motifs is 1. The third kappa shape index (κ3) is 4.09. The molecule has 3 rings (SSSR count). The van der Waals surface area contributed by atoms with Crippen LogP contribution in [-0.4, -0.2) is 6.03 Å². The number of amides is 2. The van der Waals surface area contributed by atoms with E-state index < -0.39 is 0 Å². The largest absolute Gasteiger partial charge is 0.331 e. The molecule has 0 bridgehead atoms. The molecule has 3 nitrogen and oxygen atoms in total. The lowest BCUT2D eigenvalue weighted by atomic mass is 9.89. The predicted molar refractivity (Wildman–Crippen MR) is 99.7 cm³/mol. The lowest BCUT2D eigenvalue weighted by molar-refractivity contribution is 0.248. The Morgan fingerprint density at radius 2 is 1.92 bits per heavy atom. The first-order valence-corrected chi connectivity index (χ1v) is 8.98. The summed E-state index contributed by atoms with van der Waals surface area (Å²) in [5.41, 5.74) is 4.78. The Hall–Kier alpha value is -2.00. The average molecular weight is 343 g/mol. The van der Waals surface area contributed by atoms with E-state index in [0.717, 1.165) is 12.8 Å². The highest BCUT2D eigenvalue weighted by molar-refractivity contribution is 6.30. The molecule has 0 radical (unpaired) electrons. The summed E-state index contributed by atoms with van der Waals surface area (Å²) in [5, 5.41) is 6.52. The molecule has 2 N–H and O–H groups in total. The number of urea groups is 1. The topological polar surface area (TPSA) is 41.1 Å². The van der Waals surface area contributed by atoms with E-state index in [1.807, 2.05) is 12.1 Å². The molecule has 0 fully saturated rings. The van der Waals surface area contributed by atoms with Gasteiger partial charge in [0.15, 0.2) is 0 Å². The number of halogens is 1. The Morgan fingerprint density at radius 3 is 2.67 bits per heavy atom. The number of hydrogen-bond donors (Lipinski definition) is 2. The van der Waals surface area contributed by atoms with Crippen molar-refractivity contribution in [3.63, 3.8) is 0 Å². The zero-order chi connectivity index (χ0) is 16.9. The van der Waals surface area contributed by atoms with Gasteiger partial charge in [-0.15, -0.1) is 0 Å². The van der Waals surface area contributed by atoms with Gasteiger partial charge in [-0.05, 0) is 67.0 Å². The summed E-state index contributed by atoms with van der Waals surface area (Å²) in [5.74, 6) is 0. The molecule has 126 valence electrons. The molecule has 1 atom stereocenters. The monoisotopic (exact) mass is 342 g/mol. The summed E-state index contributed by atoms with van der Waals surface area (Å²) in [6, 6.07) is 13.6. The molecule has 0 saturated carbocycles. The van der Waals surface area contributed by atoms with E-state index in [9.17, 15) is 4.79 Å². The van der Waals surface area contributed by atoms with E-state index in [-0.39, 0.29) is 12.1 Å². The smallest absolute Gasteiger partial charge is 0.319 e. The van der Waals surface area contributed by atoms with Crippen molar-refractivity contribution < 1.29 is 4.79 Å². The van der Waals surface area contributed by atoms with Crippen molar-refractivity contribution in [2.24, 2.45) is 0 Å². The summed E-state index contributed by atoms with van der Waals surface area (Å²) in [6.45, 7) is 2.09. The van der Waals surface area contributed by atoms with E-state index in [1.54, 1.807) is 12.1 Å². The summed E-state index contributed by atoms with van der Waals surface area (Å²) in [6.07, 6.45) is 5.71. The number of carbonyl (C=O) groups excluding carboxylic acids is 1. The number of anilines is 1. The van der Waals surface area contributed by atoms with Crippen LogP contribution in [0.3, 0.4) is 0 Å². The van der Waals surface area contributed by atoms with Gasteiger partial charge in [0.1, 0.15) is 0 Å². The molecule has 0 aliphatic heterocycles. The van der Waals surface area contributed by atoms with Crippen molar-refractivity contribution in [2.45, 2.75) is 45.1 Å². The normalized spacial score (nSPS) is 14.6. The highest BCUT2D eigenvalue weighted by atomic mass is 35.5. The van der Waals surface area contributed by atoms with Crippen LogP contribution in [-0.2, 0) is 12.8 Å². The molecular formula is C20H23ClN2O. The SMILES string of the molecule is CCC(NC(=O)Nc1cccc(Cl)c1)c1ccc2c(c1)CCCC2. The fraction of sp³-hybridized carbons (Fsp3) is 0.350. The van der Waals surface area contributed by atoms with E-state index in [0.29, 0.717) is 10.7 Å². The minimum absolute atomic E-state index is 0.0106. The Bertz CT molecular complexity index is 729. The Balaban J connectivity index is 1.69. The van der Waals surface area contributed by atoms with Gasteiger partial charge < -0.3 is 10.6 Å². The highest BCUT2D eigenvalue weighted by Gasteiger charge is 2.16. The third-order valence-electron chi connectivity index (χ3n) is 4.57. The maximum Gasteiger partial charge on any atom is 0.319 e. The lowest BCUT2D eigenvalue weighted by Crippen LogP contribution is -2.32. The Labute approximate surface area is 148 Å². The van der Waals surface area contributed by atoms with Crippen molar-refractivity contribution in [1.82, 2.24) is 5.32 Å². The molecule has 0 aromatic heterocycles. The summed E-state index contributed by atoms with van der Waals surface area (Å²) >= 11 is 5.95. The van der Waals surface area contributed by atoms with Gasteiger partial charge in [-0.3, -0.25) is 0 Å². The van der Waals surface area contributed by atoms with Gasteiger partial charge in [0.2, 0.25) is 0 Å². The first-order chi connectivity index (χ1) is 11.7. The maximum atomic E-state index is 12.3. The summed E-state index contributed by atoms with van der Waals surface area (Å²) in [7, 11) is 0. The van der Waals surface area contributed by atoms with Crippen LogP contribution in [0.5, 0.6) is 0 Å². The number of carbonyl (C=O) groups is 1. The van der Waals surface area contributed by atoms with Crippen LogP contribution < -0.4 is 10.6 Å². The molecule has 0 saturated heterocycles. The molecule has 1 aliphatic rings. The Morgan fingerprint density at radius 1 is 1.12 bits per heavy atom. The first-order valence-electron chi connectivity index (χ1n) is 8.60. The van der Waals surface area contributed by atoms with Crippen LogP contribution in [0.4, 0.5) is 10.5 Å². The molecule has 2 amide bonds. The summed E-state index contributed by atoms with van der Waals surface area (Å²) < 4.78 is 0. The fourth-order valence-corrected chi connectivity index (χ4v) is 3.47. The number of hydrogen-bond acceptors (Lipinski definition) is 1. The van der Waals surface area contributed by atoms with Crippen molar-refractivity contribution in [1.29, 1.82) is 0 Å². The molecule has 0 spiro atoms. The zero-order valence-electron chi connectivity index (χ0n) is 13.9. The first kappa shape index (κ1) is 16.8. The second-order valence-corrected chi connectivity index (χ2v) is 6.74.